The SMILES string of the molecule is CC1CN(C(=O)c2ccc(N)cn2)CC1C. The summed E-state index contributed by atoms with van der Waals surface area (Å²) in [6.07, 6.45) is 1.52. The molecule has 0 bridgehead atoms. The molecule has 1 aromatic rings. The third-order valence-electron chi connectivity index (χ3n) is 3.28. The van der Waals surface area contributed by atoms with Crippen LogP contribution in [-0.4, -0.2) is 28.9 Å². The monoisotopic (exact) mass is 219 g/mol. The van der Waals surface area contributed by atoms with Crippen LogP contribution in [-0.2, 0) is 0 Å². The zero-order chi connectivity index (χ0) is 11.7. The van der Waals surface area contributed by atoms with Gasteiger partial charge in [-0.25, -0.2) is 4.98 Å². The molecule has 0 radical (unpaired) electrons. The minimum absolute atomic E-state index is 0.0104. The maximum absolute atomic E-state index is 12.1. The van der Waals surface area contributed by atoms with E-state index >= 15 is 0 Å². The predicted octanol–water partition coefficient (Wildman–Crippen LogP) is 1.39. The van der Waals surface area contributed by atoms with Gasteiger partial charge >= 0.3 is 0 Å². The summed E-state index contributed by atoms with van der Waals surface area (Å²) in [5.74, 6) is 1.15. The van der Waals surface area contributed by atoms with Crippen molar-refractivity contribution in [1.29, 1.82) is 0 Å². The molecule has 16 heavy (non-hydrogen) atoms. The Morgan fingerprint density at radius 3 is 2.50 bits per heavy atom. The molecule has 0 aromatic carbocycles. The molecule has 86 valence electrons. The van der Waals surface area contributed by atoms with E-state index in [-0.39, 0.29) is 5.91 Å². The number of carbonyl (C=O) groups is 1. The topological polar surface area (TPSA) is 59.2 Å². The summed E-state index contributed by atoms with van der Waals surface area (Å²) in [5, 5.41) is 0. The van der Waals surface area contributed by atoms with Gasteiger partial charge in [-0.2, -0.15) is 0 Å². The van der Waals surface area contributed by atoms with E-state index in [1.807, 2.05) is 4.90 Å². The Morgan fingerprint density at radius 1 is 1.38 bits per heavy atom. The van der Waals surface area contributed by atoms with E-state index in [0.29, 0.717) is 23.2 Å². The molecule has 1 saturated heterocycles. The van der Waals surface area contributed by atoms with Gasteiger partial charge in [0.25, 0.3) is 5.91 Å². The van der Waals surface area contributed by atoms with Crippen LogP contribution in [0.5, 0.6) is 0 Å². The van der Waals surface area contributed by atoms with E-state index in [4.69, 9.17) is 5.73 Å². The first-order valence-corrected chi connectivity index (χ1v) is 5.58. The highest BCUT2D eigenvalue weighted by atomic mass is 16.2. The Labute approximate surface area is 95.5 Å². The van der Waals surface area contributed by atoms with Gasteiger partial charge in [0, 0.05) is 13.1 Å². The van der Waals surface area contributed by atoms with E-state index in [2.05, 4.69) is 18.8 Å². The normalized spacial score (nSPS) is 24.8. The Hall–Kier alpha value is -1.58. The summed E-state index contributed by atoms with van der Waals surface area (Å²) in [5.41, 5.74) is 6.60. The van der Waals surface area contributed by atoms with Gasteiger partial charge < -0.3 is 10.6 Å². The Morgan fingerprint density at radius 2 is 2.00 bits per heavy atom. The number of nitrogens with two attached hydrogens (primary N) is 1. The van der Waals surface area contributed by atoms with E-state index in [9.17, 15) is 4.79 Å². The summed E-state index contributed by atoms with van der Waals surface area (Å²) in [7, 11) is 0. The van der Waals surface area contributed by atoms with Crippen LogP contribution in [0.1, 0.15) is 24.3 Å². The van der Waals surface area contributed by atoms with Crippen molar-refractivity contribution in [2.75, 3.05) is 18.8 Å². The van der Waals surface area contributed by atoms with Gasteiger partial charge in [0.05, 0.1) is 11.9 Å². The Kier molecular flexibility index (Phi) is 2.81. The summed E-state index contributed by atoms with van der Waals surface area (Å²) >= 11 is 0. The number of hydrogen-bond donors (Lipinski definition) is 1. The average Bonchev–Trinajstić information content (AvgIpc) is 2.59. The maximum atomic E-state index is 12.1. The average molecular weight is 219 g/mol. The van der Waals surface area contributed by atoms with Crippen molar-refractivity contribution >= 4 is 11.6 Å². The number of pyridine rings is 1. The standard InChI is InChI=1S/C12H17N3O/c1-8-6-15(7-9(8)2)12(16)11-4-3-10(13)5-14-11/h3-5,8-9H,6-7,13H2,1-2H3. The molecule has 2 unspecified atom stereocenters. The molecule has 0 spiro atoms. The van der Waals surface area contributed by atoms with Crippen molar-refractivity contribution < 1.29 is 4.79 Å². The van der Waals surface area contributed by atoms with Gasteiger partial charge in [0.1, 0.15) is 5.69 Å². The van der Waals surface area contributed by atoms with Crippen molar-refractivity contribution in [1.82, 2.24) is 9.88 Å². The number of rotatable bonds is 1. The first-order valence-electron chi connectivity index (χ1n) is 5.58. The van der Waals surface area contributed by atoms with Crippen LogP contribution < -0.4 is 5.73 Å². The fourth-order valence-electron chi connectivity index (χ4n) is 1.99. The number of anilines is 1. The molecule has 1 amide bonds. The van der Waals surface area contributed by atoms with Gasteiger partial charge in [0.15, 0.2) is 0 Å². The third kappa shape index (κ3) is 2.01. The largest absolute Gasteiger partial charge is 0.397 e. The highest BCUT2D eigenvalue weighted by Crippen LogP contribution is 2.23. The van der Waals surface area contributed by atoms with Crippen LogP contribution in [0.2, 0.25) is 0 Å². The van der Waals surface area contributed by atoms with Gasteiger partial charge in [0.2, 0.25) is 0 Å². The van der Waals surface area contributed by atoms with Crippen LogP contribution >= 0.6 is 0 Å². The summed E-state index contributed by atoms with van der Waals surface area (Å²) in [6, 6.07) is 3.40. The molecular formula is C12H17N3O. The second-order valence-corrected chi connectivity index (χ2v) is 4.64. The van der Waals surface area contributed by atoms with Gasteiger partial charge in [-0.3, -0.25) is 4.79 Å². The fraction of sp³-hybridized carbons (Fsp3) is 0.500. The molecular weight excluding hydrogens is 202 g/mol. The summed E-state index contributed by atoms with van der Waals surface area (Å²) < 4.78 is 0. The van der Waals surface area contributed by atoms with Crippen molar-refractivity contribution in [3.05, 3.63) is 24.0 Å². The number of nitrogens with zero attached hydrogens (tertiary/aromatic N) is 2. The van der Waals surface area contributed by atoms with Crippen molar-refractivity contribution in [3.8, 4) is 0 Å². The van der Waals surface area contributed by atoms with Crippen LogP contribution in [0.25, 0.3) is 0 Å². The van der Waals surface area contributed by atoms with Crippen LogP contribution in [0.4, 0.5) is 5.69 Å². The quantitative estimate of drug-likeness (QED) is 0.776. The van der Waals surface area contributed by atoms with E-state index < -0.39 is 0 Å². The lowest BCUT2D eigenvalue weighted by atomic mass is 10.0. The molecule has 0 aliphatic carbocycles. The predicted molar refractivity (Wildman–Crippen MR) is 62.9 cm³/mol. The number of nitrogen functional groups attached to an aromatic ring is 1. The van der Waals surface area contributed by atoms with Gasteiger partial charge in [-0.05, 0) is 24.0 Å². The molecule has 0 saturated carbocycles. The van der Waals surface area contributed by atoms with E-state index in [1.54, 1.807) is 12.1 Å². The summed E-state index contributed by atoms with van der Waals surface area (Å²) in [4.78, 5) is 18.0. The number of amides is 1. The van der Waals surface area contributed by atoms with Gasteiger partial charge in [-0.15, -0.1) is 0 Å². The molecule has 2 heterocycles. The molecule has 4 heteroatoms. The van der Waals surface area contributed by atoms with E-state index in [1.165, 1.54) is 6.20 Å². The number of hydrogen-bond acceptors (Lipinski definition) is 3. The maximum Gasteiger partial charge on any atom is 0.272 e. The highest BCUT2D eigenvalue weighted by molar-refractivity contribution is 5.92. The molecule has 4 nitrogen and oxygen atoms in total. The number of aromatic nitrogens is 1. The van der Waals surface area contributed by atoms with Crippen molar-refractivity contribution in [2.24, 2.45) is 11.8 Å². The molecule has 1 fully saturated rings. The molecule has 2 rings (SSSR count). The van der Waals surface area contributed by atoms with E-state index in [0.717, 1.165) is 13.1 Å². The first kappa shape index (κ1) is 10.9. The zero-order valence-electron chi connectivity index (χ0n) is 9.68. The minimum atomic E-state index is 0.0104. The second kappa shape index (κ2) is 4.12. The van der Waals surface area contributed by atoms with Gasteiger partial charge in [-0.1, -0.05) is 13.8 Å². The molecule has 2 atom stereocenters. The van der Waals surface area contributed by atoms with Crippen molar-refractivity contribution in [3.63, 3.8) is 0 Å². The fourth-order valence-corrected chi connectivity index (χ4v) is 1.99. The molecule has 1 aliphatic heterocycles. The zero-order valence-corrected chi connectivity index (χ0v) is 9.68. The lowest BCUT2D eigenvalue weighted by Gasteiger charge is -2.15. The Bertz CT molecular complexity index is 378. The highest BCUT2D eigenvalue weighted by Gasteiger charge is 2.30. The van der Waals surface area contributed by atoms with Crippen LogP contribution in [0.3, 0.4) is 0 Å². The van der Waals surface area contributed by atoms with Crippen LogP contribution in [0.15, 0.2) is 18.3 Å². The first-order chi connectivity index (χ1) is 7.58. The van der Waals surface area contributed by atoms with Crippen LogP contribution in [0, 0.1) is 11.8 Å². The molecule has 2 N–H and O–H groups in total. The number of carbonyl (C=O) groups excluding carboxylic acids is 1. The molecule has 1 aromatic heterocycles. The summed E-state index contributed by atoms with van der Waals surface area (Å²) in [6.45, 7) is 6.00. The minimum Gasteiger partial charge on any atom is -0.397 e. The van der Waals surface area contributed by atoms with Crippen molar-refractivity contribution in [2.45, 2.75) is 13.8 Å². The second-order valence-electron chi connectivity index (χ2n) is 4.64. The molecule has 1 aliphatic rings. The number of likely N-dealkylation sites (tertiary alicyclic amines) is 1. The lowest BCUT2D eigenvalue weighted by Crippen LogP contribution is -2.29. The lowest BCUT2D eigenvalue weighted by molar-refractivity contribution is 0.0779. The smallest absolute Gasteiger partial charge is 0.272 e. The third-order valence-corrected chi connectivity index (χ3v) is 3.28. The Balaban J connectivity index is 2.11.